The van der Waals surface area contributed by atoms with Crippen molar-refractivity contribution < 1.29 is 0 Å². The summed E-state index contributed by atoms with van der Waals surface area (Å²) in [5, 5.41) is 7.19. The van der Waals surface area contributed by atoms with E-state index < -0.39 is 0 Å². The Morgan fingerprint density at radius 2 is 2.42 bits per heavy atom. The highest BCUT2D eigenvalue weighted by molar-refractivity contribution is 4.84. The van der Waals surface area contributed by atoms with Crippen LogP contribution in [-0.2, 0) is 13.5 Å². The van der Waals surface area contributed by atoms with E-state index in [4.69, 9.17) is 0 Å². The van der Waals surface area contributed by atoms with E-state index in [1.54, 1.807) is 6.33 Å². The Bertz CT molecular complexity index is 231. The number of nitrogens with one attached hydrogen (secondary N) is 1. The summed E-state index contributed by atoms with van der Waals surface area (Å²) in [6.07, 6.45) is 3.68. The maximum Gasteiger partial charge on any atom is 0.138 e. The topological polar surface area (TPSA) is 42.7 Å². The zero-order valence-electron chi connectivity index (χ0n) is 7.91. The highest BCUT2D eigenvalue weighted by atomic mass is 15.3. The molecule has 0 aliphatic carbocycles. The monoisotopic (exact) mass is 168 g/mol. The lowest BCUT2D eigenvalue weighted by Gasteiger charge is -2.08. The van der Waals surface area contributed by atoms with E-state index in [1.807, 2.05) is 18.8 Å². The van der Waals surface area contributed by atoms with Crippen LogP contribution in [0.25, 0.3) is 0 Å². The third-order valence-corrected chi connectivity index (χ3v) is 2.10. The lowest BCUT2D eigenvalue weighted by atomic mass is 10.2. The van der Waals surface area contributed by atoms with Crippen LogP contribution in [0.5, 0.6) is 0 Å². The van der Waals surface area contributed by atoms with Crippen LogP contribution in [0.2, 0.25) is 0 Å². The van der Waals surface area contributed by atoms with Gasteiger partial charge in [-0.1, -0.05) is 0 Å². The smallest absolute Gasteiger partial charge is 0.138 e. The van der Waals surface area contributed by atoms with Gasteiger partial charge in [-0.3, -0.25) is 4.68 Å². The molecule has 0 spiro atoms. The predicted octanol–water partition coefficient (Wildman–Crippen LogP) is 0.356. The van der Waals surface area contributed by atoms with Crippen molar-refractivity contribution in [2.24, 2.45) is 7.05 Å². The largest absolute Gasteiger partial charge is 0.317 e. The van der Waals surface area contributed by atoms with Crippen molar-refractivity contribution in [3.63, 3.8) is 0 Å². The summed E-state index contributed by atoms with van der Waals surface area (Å²) < 4.78 is 1.82. The van der Waals surface area contributed by atoms with Gasteiger partial charge in [-0.05, 0) is 20.4 Å². The van der Waals surface area contributed by atoms with E-state index in [9.17, 15) is 0 Å². The van der Waals surface area contributed by atoms with E-state index in [1.165, 1.54) is 0 Å². The molecular weight excluding hydrogens is 152 g/mol. The number of nitrogens with zero attached hydrogens (tertiary/aromatic N) is 3. The molecule has 1 unspecified atom stereocenters. The first-order chi connectivity index (χ1) is 5.74. The molecule has 1 aromatic rings. The minimum Gasteiger partial charge on any atom is -0.317 e. The fourth-order valence-corrected chi connectivity index (χ4v) is 1.04. The van der Waals surface area contributed by atoms with Gasteiger partial charge in [0.15, 0.2) is 0 Å². The van der Waals surface area contributed by atoms with Crippen LogP contribution >= 0.6 is 0 Å². The molecule has 1 heterocycles. The quantitative estimate of drug-likeness (QED) is 0.705. The molecule has 4 nitrogen and oxygen atoms in total. The molecule has 0 aromatic carbocycles. The summed E-state index contributed by atoms with van der Waals surface area (Å²) >= 11 is 0. The third-order valence-electron chi connectivity index (χ3n) is 2.10. The molecule has 4 heteroatoms. The van der Waals surface area contributed by atoms with Crippen molar-refractivity contribution in [3.05, 3.63) is 12.2 Å². The maximum atomic E-state index is 4.15. The Morgan fingerprint density at radius 3 is 2.92 bits per heavy atom. The lowest BCUT2D eigenvalue weighted by Crippen LogP contribution is -2.22. The minimum atomic E-state index is 0.543. The van der Waals surface area contributed by atoms with Crippen molar-refractivity contribution in [3.8, 4) is 0 Å². The highest BCUT2D eigenvalue weighted by Gasteiger charge is 2.03. The zero-order valence-corrected chi connectivity index (χ0v) is 7.91. The second-order valence-electron chi connectivity index (χ2n) is 3.03. The van der Waals surface area contributed by atoms with E-state index in [-0.39, 0.29) is 0 Å². The molecule has 0 aliphatic rings. The molecule has 1 aromatic heterocycles. The standard InChI is InChI=1S/C8H16N4/c1-7(9-2)4-5-8-10-6-11-12(8)3/h6-7,9H,4-5H2,1-3H3. The molecule has 68 valence electrons. The molecule has 0 saturated carbocycles. The molecule has 0 fully saturated rings. The van der Waals surface area contributed by atoms with E-state index in [2.05, 4.69) is 22.3 Å². The summed E-state index contributed by atoms with van der Waals surface area (Å²) in [6.45, 7) is 2.16. The van der Waals surface area contributed by atoms with Crippen LogP contribution in [0.4, 0.5) is 0 Å². The molecule has 1 rings (SSSR count). The molecule has 1 atom stereocenters. The molecule has 0 saturated heterocycles. The summed E-state index contributed by atoms with van der Waals surface area (Å²) in [5.74, 6) is 1.05. The fraction of sp³-hybridized carbons (Fsp3) is 0.750. The Hall–Kier alpha value is -0.900. The van der Waals surface area contributed by atoms with Gasteiger partial charge in [0.2, 0.25) is 0 Å². The average molecular weight is 168 g/mol. The molecule has 0 amide bonds. The average Bonchev–Trinajstić information content (AvgIpc) is 2.47. The minimum absolute atomic E-state index is 0.543. The second kappa shape index (κ2) is 4.21. The van der Waals surface area contributed by atoms with Gasteiger partial charge in [0.1, 0.15) is 12.2 Å². The van der Waals surface area contributed by atoms with Gasteiger partial charge in [0.05, 0.1) is 0 Å². The third kappa shape index (κ3) is 2.30. The Kier molecular flexibility index (Phi) is 3.22. The fourth-order valence-electron chi connectivity index (χ4n) is 1.04. The SMILES string of the molecule is CNC(C)CCc1ncnn1C. The molecule has 0 aliphatic heterocycles. The van der Waals surface area contributed by atoms with E-state index in [0.29, 0.717) is 6.04 Å². The van der Waals surface area contributed by atoms with Crippen LogP contribution in [-0.4, -0.2) is 27.9 Å². The second-order valence-corrected chi connectivity index (χ2v) is 3.03. The van der Waals surface area contributed by atoms with Crippen LogP contribution in [0.15, 0.2) is 6.33 Å². The number of hydrogen-bond donors (Lipinski definition) is 1. The van der Waals surface area contributed by atoms with Crippen molar-refractivity contribution in [1.29, 1.82) is 0 Å². The van der Waals surface area contributed by atoms with Gasteiger partial charge < -0.3 is 5.32 Å². The molecule has 0 radical (unpaired) electrons. The van der Waals surface area contributed by atoms with Crippen LogP contribution in [0.3, 0.4) is 0 Å². The molecular formula is C8H16N4. The predicted molar refractivity (Wildman–Crippen MR) is 47.8 cm³/mol. The summed E-state index contributed by atoms with van der Waals surface area (Å²) in [4.78, 5) is 4.15. The maximum absolute atomic E-state index is 4.15. The number of hydrogen-bond acceptors (Lipinski definition) is 3. The summed E-state index contributed by atoms with van der Waals surface area (Å²) in [7, 11) is 3.90. The number of aromatic nitrogens is 3. The van der Waals surface area contributed by atoms with Crippen LogP contribution in [0, 0.1) is 0 Å². The van der Waals surface area contributed by atoms with Gasteiger partial charge in [0, 0.05) is 19.5 Å². The van der Waals surface area contributed by atoms with Gasteiger partial charge >= 0.3 is 0 Å². The van der Waals surface area contributed by atoms with E-state index in [0.717, 1.165) is 18.7 Å². The van der Waals surface area contributed by atoms with Gasteiger partial charge in [-0.15, -0.1) is 0 Å². The summed E-state index contributed by atoms with van der Waals surface area (Å²) in [6, 6.07) is 0.543. The Morgan fingerprint density at radius 1 is 1.67 bits per heavy atom. The number of rotatable bonds is 4. The lowest BCUT2D eigenvalue weighted by molar-refractivity contribution is 0.545. The van der Waals surface area contributed by atoms with Crippen LogP contribution < -0.4 is 5.32 Å². The van der Waals surface area contributed by atoms with Crippen molar-refractivity contribution in [1.82, 2.24) is 20.1 Å². The van der Waals surface area contributed by atoms with E-state index >= 15 is 0 Å². The van der Waals surface area contributed by atoms with Gasteiger partial charge in [0.25, 0.3) is 0 Å². The van der Waals surface area contributed by atoms with Crippen molar-refractivity contribution >= 4 is 0 Å². The normalized spacial score (nSPS) is 13.2. The first kappa shape index (κ1) is 9.19. The Labute approximate surface area is 73.0 Å². The number of aryl methyl sites for hydroxylation is 2. The Balaban J connectivity index is 2.38. The zero-order chi connectivity index (χ0) is 8.97. The van der Waals surface area contributed by atoms with Gasteiger partial charge in [-0.25, -0.2) is 4.98 Å². The highest BCUT2D eigenvalue weighted by Crippen LogP contribution is 1.99. The van der Waals surface area contributed by atoms with Crippen molar-refractivity contribution in [2.75, 3.05) is 7.05 Å². The van der Waals surface area contributed by atoms with Crippen molar-refractivity contribution in [2.45, 2.75) is 25.8 Å². The summed E-state index contributed by atoms with van der Waals surface area (Å²) in [5.41, 5.74) is 0. The van der Waals surface area contributed by atoms with Crippen LogP contribution in [0.1, 0.15) is 19.2 Å². The molecule has 1 N–H and O–H groups in total. The first-order valence-corrected chi connectivity index (χ1v) is 4.24. The molecule has 12 heavy (non-hydrogen) atoms. The first-order valence-electron chi connectivity index (χ1n) is 4.24. The molecule has 0 bridgehead atoms. The van der Waals surface area contributed by atoms with Gasteiger partial charge in [-0.2, -0.15) is 5.10 Å².